The molecule has 1 fully saturated rings. The molecule has 0 aliphatic carbocycles. The second kappa shape index (κ2) is 8.89. The monoisotopic (exact) mass is 416 g/mol. The molecule has 0 bridgehead atoms. The molecule has 158 valence electrons. The fraction of sp³-hybridized carbons (Fsp3) is 0.286. The lowest BCUT2D eigenvalue weighted by Crippen LogP contribution is -2.45. The van der Waals surface area contributed by atoms with Gasteiger partial charge in [0, 0.05) is 24.8 Å². The minimum absolute atomic E-state index is 0.148. The molecule has 1 heterocycles. The number of carbonyl (C=O) groups excluding carboxylic acids is 3. The molecule has 30 heavy (non-hydrogen) atoms. The minimum Gasteiger partial charge on any atom is -0.366 e. The van der Waals surface area contributed by atoms with Crippen molar-refractivity contribution in [3.63, 3.8) is 0 Å². The van der Waals surface area contributed by atoms with E-state index >= 15 is 0 Å². The Morgan fingerprint density at radius 2 is 1.87 bits per heavy atom. The highest BCUT2D eigenvalue weighted by Crippen LogP contribution is 2.23. The molecule has 0 radical (unpaired) electrons. The average molecular weight is 416 g/mol. The number of likely N-dealkylation sites (tertiary alicyclic amines) is 1. The number of hydrogen-bond donors (Lipinski definition) is 3. The zero-order valence-electron chi connectivity index (χ0n) is 16.4. The van der Waals surface area contributed by atoms with Crippen molar-refractivity contribution in [3.05, 3.63) is 59.2 Å². The van der Waals surface area contributed by atoms with E-state index in [1.54, 1.807) is 6.07 Å². The standard InChI is InChI=1S/C21H22F2N4O3/c1-12-4-2-6-14(8-12)25-21(30)27-7-3-5-13(11-27)20(29)26-18-9-15(19(24)28)16(22)10-17(18)23/h2,4,6,8-10,13H,3,5,7,11H2,1H3,(H2,24,28)(H,25,30)(H,26,29). The van der Waals surface area contributed by atoms with E-state index < -0.39 is 34.9 Å². The summed E-state index contributed by atoms with van der Waals surface area (Å²) in [7, 11) is 0. The number of piperidine rings is 1. The first-order valence-electron chi connectivity index (χ1n) is 9.47. The zero-order chi connectivity index (χ0) is 21.8. The molecular weight excluding hydrogens is 394 g/mol. The number of rotatable bonds is 4. The maximum Gasteiger partial charge on any atom is 0.321 e. The summed E-state index contributed by atoms with van der Waals surface area (Å²) in [5, 5.41) is 5.17. The van der Waals surface area contributed by atoms with Crippen molar-refractivity contribution in [2.75, 3.05) is 23.7 Å². The summed E-state index contributed by atoms with van der Waals surface area (Å²) in [4.78, 5) is 37.9. The van der Waals surface area contributed by atoms with Crippen molar-refractivity contribution < 1.29 is 23.2 Å². The summed E-state index contributed by atoms with van der Waals surface area (Å²) >= 11 is 0. The Kier molecular flexibility index (Phi) is 6.29. The Labute approximate surface area is 172 Å². The van der Waals surface area contributed by atoms with Crippen molar-refractivity contribution in [1.29, 1.82) is 0 Å². The van der Waals surface area contributed by atoms with Gasteiger partial charge in [-0.1, -0.05) is 12.1 Å². The number of amides is 4. The largest absolute Gasteiger partial charge is 0.366 e. The molecule has 1 atom stereocenters. The van der Waals surface area contributed by atoms with Crippen LogP contribution in [0.4, 0.5) is 25.0 Å². The van der Waals surface area contributed by atoms with Gasteiger partial charge in [-0.25, -0.2) is 13.6 Å². The van der Waals surface area contributed by atoms with E-state index in [1.165, 1.54) is 4.90 Å². The molecule has 1 aliphatic heterocycles. The van der Waals surface area contributed by atoms with Gasteiger partial charge in [-0.3, -0.25) is 9.59 Å². The summed E-state index contributed by atoms with van der Waals surface area (Å²) < 4.78 is 27.6. The first kappa shape index (κ1) is 21.2. The summed E-state index contributed by atoms with van der Waals surface area (Å²) in [5.41, 5.74) is 5.86. The van der Waals surface area contributed by atoms with Crippen LogP contribution in [-0.2, 0) is 4.79 Å². The number of halogens is 2. The highest BCUT2D eigenvalue weighted by molar-refractivity contribution is 5.97. The highest BCUT2D eigenvalue weighted by atomic mass is 19.1. The number of nitrogens with zero attached hydrogens (tertiary/aromatic N) is 1. The maximum atomic E-state index is 14.0. The molecule has 0 aromatic heterocycles. The summed E-state index contributed by atoms with van der Waals surface area (Å²) in [6, 6.07) is 8.38. The fourth-order valence-electron chi connectivity index (χ4n) is 3.37. The normalized spacial score (nSPS) is 16.1. The van der Waals surface area contributed by atoms with Gasteiger partial charge in [-0.15, -0.1) is 0 Å². The fourth-order valence-corrected chi connectivity index (χ4v) is 3.37. The minimum atomic E-state index is -1.10. The molecule has 1 unspecified atom stereocenters. The van der Waals surface area contributed by atoms with Gasteiger partial charge >= 0.3 is 6.03 Å². The molecule has 1 saturated heterocycles. The predicted molar refractivity (Wildman–Crippen MR) is 108 cm³/mol. The van der Waals surface area contributed by atoms with Crippen molar-refractivity contribution in [2.45, 2.75) is 19.8 Å². The van der Waals surface area contributed by atoms with Crippen molar-refractivity contribution in [1.82, 2.24) is 4.90 Å². The number of primary amides is 1. The molecule has 7 nitrogen and oxygen atoms in total. The number of nitrogens with one attached hydrogen (secondary N) is 2. The van der Waals surface area contributed by atoms with Gasteiger partial charge < -0.3 is 21.3 Å². The van der Waals surface area contributed by atoms with E-state index in [0.29, 0.717) is 31.1 Å². The van der Waals surface area contributed by atoms with Crippen LogP contribution in [0, 0.1) is 24.5 Å². The smallest absolute Gasteiger partial charge is 0.321 e. The molecule has 3 rings (SSSR count). The number of aryl methyl sites for hydroxylation is 1. The molecule has 2 aromatic carbocycles. The Morgan fingerprint density at radius 1 is 1.10 bits per heavy atom. The number of urea groups is 1. The second-order valence-corrected chi connectivity index (χ2v) is 7.25. The van der Waals surface area contributed by atoms with Gasteiger partial charge in [0.05, 0.1) is 17.2 Å². The SMILES string of the molecule is Cc1cccc(NC(=O)N2CCCC(C(=O)Nc3cc(C(N)=O)c(F)cc3F)C2)c1. The molecule has 4 amide bonds. The number of hydrogen-bond acceptors (Lipinski definition) is 3. The molecule has 0 saturated carbocycles. The van der Waals surface area contributed by atoms with Crippen LogP contribution in [0.25, 0.3) is 0 Å². The predicted octanol–water partition coefficient (Wildman–Crippen LogP) is 3.25. The quantitative estimate of drug-likeness (QED) is 0.713. The number of benzene rings is 2. The third-order valence-corrected chi connectivity index (χ3v) is 4.93. The van der Waals surface area contributed by atoms with Gasteiger partial charge in [-0.2, -0.15) is 0 Å². The van der Waals surface area contributed by atoms with Gasteiger partial charge in [0.15, 0.2) is 0 Å². The summed E-state index contributed by atoms with van der Waals surface area (Å²) in [6.45, 7) is 2.54. The van der Waals surface area contributed by atoms with Crippen molar-refractivity contribution >= 4 is 29.2 Å². The molecule has 1 aliphatic rings. The van der Waals surface area contributed by atoms with Gasteiger partial charge in [0.25, 0.3) is 5.91 Å². The van der Waals surface area contributed by atoms with Gasteiger partial charge in [0.1, 0.15) is 11.6 Å². The van der Waals surface area contributed by atoms with Crippen LogP contribution in [0.15, 0.2) is 36.4 Å². The van der Waals surface area contributed by atoms with Crippen LogP contribution >= 0.6 is 0 Å². The van der Waals surface area contributed by atoms with Crippen LogP contribution in [0.1, 0.15) is 28.8 Å². The summed E-state index contributed by atoms with van der Waals surface area (Å²) in [5.74, 6) is -4.29. The third-order valence-electron chi connectivity index (χ3n) is 4.93. The van der Waals surface area contributed by atoms with E-state index in [-0.39, 0.29) is 18.3 Å². The lowest BCUT2D eigenvalue weighted by molar-refractivity contribution is -0.121. The average Bonchev–Trinajstić information content (AvgIpc) is 2.69. The molecule has 0 spiro atoms. The molecule has 2 aromatic rings. The lowest BCUT2D eigenvalue weighted by Gasteiger charge is -2.32. The maximum absolute atomic E-state index is 14.0. The molecule has 9 heteroatoms. The number of carbonyl (C=O) groups is 3. The van der Waals surface area contributed by atoms with Crippen molar-refractivity contribution in [3.8, 4) is 0 Å². The van der Waals surface area contributed by atoms with Crippen LogP contribution in [-0.4, -0.2) is 35.8 Å². The van der Waals surface area contributed by atoms with Gasteiger partial charge in [-0.05, 0) is 43.5 Å². The van der Waals surface area contributed by atoms with Gasteiger partial charge in [0.2, 0.25) is 5.91 Å². The van der Waals surface area contributed by atoms with E-state index in [9.17, 15) is 23.2 Å². The highest BCUT2D eigenvalue weighted by Gasteiger charge is 2.29. The molecular formula is C21H22F2N4O3. The lowest BCUT2D eigenvalue weighted by atomic mass is 9.97. The number of anilines is 2. The second-order valence-electron chi connectivity index (χ2n) is 7.25. The Balaban J connectivity index is 1.66. The van der Waals surface area contributed by atoms with Crippen LogP contribution in [0.5, 0.6) is 0 Å². The van der Waals surface area contributed by atoms with E-state index in [0.717, 1.165) is 11.6 Å². The topological polar surface area (TPSA) is 105 Å². The first-order chi connectivity index (χ1) is 14.2. The van der Waals surface area contributed by atoms with Crippen molar-refractivity contribution in [2.24, 2.45) is 11.7 Å². The Bertz CT molecular complexity index is 996. The third kappa shape index (κ3) is 4.91. The summed E-state index contributed by atoms with van der Waals surface area (Å²) in [6.07, 6.45) is 1.10. The van der Waals surface area contributed by atoms with E-state index in [2.05, 4.69) is 10.6 Å². The number of nitrogens with two attached hydrogens (primary N) is 1. The molecule has 4 N–H and O–H groups in total. The van der Waals surface area contributed by atoms with E-state index in [4.69, 9.17) is 5.73 Å². The van der Waals surface area contributed by atoms with E-state index in [1.807, 2.05) is 25.1 Å². The van der Waals surface area contributed by atoms with Crippen LogP contribution in [0.2, 0.25) is 0 Å². The first-order valence-corrected chi connectivity index (χ1v) is 9.47. The zero-order valence-corrected chi connectivity index (χ0v) is 16.4. The van der Waals surface area contributed by atoms with Crippen LogP contribution < -0.4 is 16.4 Å². The Morgan fingerprint density at radius 3 is 2.57 bits per heavy atom. The Hall–Kier alpha value is -3.49. The van der Waals surface area contributed by atoms with Crippen LogP contribution in [0.3, 0.4) is 0 Å².